The van der Waals surface area contributed by atoms with Gasteiger partial charge in [0, 0.05) is 4.88 Å². The molecule has 18 heavy (non-hydrogen) atoms. The van der Waals surface area contributed by atoms with Crippen LogP contribution in [0.4, 0.5) is 4.79 Å². The van der Waals surface area contributed by atoms with Crippen LogP contribution in [0.5, 0.6) is 0 Å². The Hall–Kier alpha value is -0.780. The Labute approximate surface area is 115 Å². The van der Waals surface area contributed by atoms with Gasteiger partial charge in [-0.3, -0.25) is 0 Å². The van der Waals surface area contributed by atoms with E-state index >= 15 is 0 Å². The van der Waals surface area contributed by atoms with Crippen LogP contribution in [0.1, 0.15) is 25.6 Å². The van der Waals surface area contributed by atoms with Crippen molar-refractivity contribution in [3.8, 4) is 0 Å². The molecule has 0 unspecified atom stereocenters. The van der Waals surface area contributed by atoms with Crippen LogP contribution in [0.2, 0.25) is 4.34 Å². The largest absolute Gasteiger partial charge is 0.444 e. The number of ether oxygens (including phenoxy) is 1. The minimum atomic E-state index is -0.977. The molecule has 0 saturated carbocycles. The molecule has 1 aliphatic rings. The van der Waals surface area contributed by atoms with Gasteiger partial charge in [0.2, 0.25) is 0 Å². The average Bonchev–Trinajstić information content (AvgIpc) is 2.57. The van der Waals surface area contributed by atoms with Crippen molar-refractivity contribution in [3.63, 3.8) is 0 Å². The molecule has 100 valence electrons. The Kier molecular flexibility index (Phi) is 3.34. The molecule has 1 saturated heterocycles. The fourth-order valence-corrected chi connectivity index (χ4v) is 2.87. The predicted molar refractivity (Wildman–Crippen MR) is 71.0 cm³/mol. The van der Waals surface area contributed by atoms with Crippen molar-refractivity contribution in [2.75, 3.05) is 13.1 Å². The zero-order chi connectivity index (χ0) is 13.6. The average molecular weight is 290 g/mol. The summed E-state index contributed by atoms with van der Waals surface area (Å²) in [5.41, 5.74) is -1.49. The van der Waals surface area contributed by atoms with E-state index in [9.17, 15) is 9.90 Å². The summed E-state index contributed by atoms with van der Waals surface area (Å²) in [7, 11) is 0. The molecule has 6 heteroatoms. The highest BCUT2D eigenvalue weighted by atomic mass is 35.5. The van der Waals surface area contributed by atoms with Crippen LogP contribution in [-0.4, -0.2) is 34.8 Å². The molecule has 1 N–H and O–H groups in total. The van der Waals surface area contributed by atoms with Gasteiger partial charge in [0.1, 0.15) is 11.2 Å². The second kappa shape index (κ2) is 4.40. The number of β-amino-alcohol motifs (C(OH)–C–C–N with tert-alkyl or cyclic N) is 1. The van der Waals surface area contributed by atoms with Gasteiger partial charge in [0.05, 0.1) is 17.4 Å². The van der Waals surface area contributed by atoms with Crippen molar-refractivity contribution in [1.29, 1.82) is 0 Å². The van der Waals surface area contributed by atoms with Crippen molar-refractivity contribution < 1.29 is 14.6 Å². The molecule has 0 radical (unpaired) electrons. The van der Waals surface area contributed by atoms with E-state index in [0.29, 0.717) is 4.34 Å². The van der Waals surface area contributed by atoms with Crippen molar-refractivity contribution in [2.45, 2.75) is 32.0 Å². The first-order valence-electron chi connectivity index (χ1n) is 5.66. The van der Waals surface area contributed by atoms with E-state index in [2.05, 4.69) is 0 Å². The Morgan fingerprint density at radius 2 is 2.11 bits per heavy atom. The minimum Gasteiger partial charge on any atom is -0.444 e. The summed E-state index contributed by atoms with van der Waals surface area (Å²) in [5, 5.41) is 10.3. The molecule has 0 spiro atoms. The summed E-state index contributed by atoms with van der Waals surface area (Å²) in [4.78, 5) is 14.0. The molecule has 4 nitrogen and oxygen atoms in total. The van der Waals surface area contributed by atoms with E-state index in [-0.39, 0.29) is 13.1 Å². The number of hydrogen-bond acceptors (Lipinski definition) is 4. The third-order valence-electron chi connectivity index (χ3n) is 2.59. The Bertz CT molecular complexity index is 460. The van der Waals surface area contributed by atoms with E-state index in [1.165, 1.54) is 16.2 Å². The molecule has 0 aliphatic carbocycles. The summed E-state index contributed by atoms with van der Waals surface area (Å²) in [6.45, 7) is 5.94. The standard InChI is InChI=1S/C12H16ClNO3S/c1-11(2,3)17-10(15)14-6-12(16,7-14)8-4-5-9(13)18-8/h4-5,16H,6-7H2,1-3H3. The highest BCUT2D eigenvalue weighted by Crippen LogP contribution is 2.38. The molecule has 1 amide bonds. The number of carbonyl (C=O) groups is 1. The lowest BCUT2D eigenvalue weighted by Crippen LogP contribution is -2.61. The number of hydrogen-bond donors (Lipinski definition) is 1. The highest BCUT2D eigenvalue weighted by molar-refractivity contribution is 7.16. The van der Waals surface area contributed by atoms with E-state index in [0.717, 1.165) is 4.88 Å². The fourth-order valence-electron chi connectivity index (χ4n) is 1.76. The van der Waals surface area contributed by atoms with Gasteiger partial charge in [-0.1, -0.05) is 11.6 Å². The Balaban J connectivity index is 1.95. The minimum absolute atomic E-state index is 0.249. The van der Waals surface area contributed by atoms with Gasteiger partial charge in [-0.15, -0.1) is 11.3 Å². The maximum Gasteiger partial charge on any atom is 0.410 e. The number of thiophene rings is 1. The number of likely N-dealkylation sites (tertiary alicyclic amines) is 1. The lowest BCUT2D eigenvalue weighted by Gasteiger charge is -2.45. The summed E-state index contributed by atoms with van der Waals surface area (Å²) >= 11 is 7.17. The zero-order valence-corrected chi connectivity index (χ0v) is 12.1. The number of aliphatic hydroxyl groups is 1. The molecule has 1 fully saturated rings. The van der Waals surface area contributed by atoms with Crippen molar-refractivity contribution >= 4 is 29.0 Å². The normalized spacial score (nSPS) is 18.4. The molecule has 1 aromatic heterocycles. The fraction of sp³-hybridized carbons (Fsp3) is 0.583. The maximum atomic E-state index is 11.7. The van der Waals surface area contributed by atoms with Gasteiger partial charge < -0.3 is 14.7 Å². The first-order chi connectivity index (χ1) is 8.20. The van der Waals surface area contributed by atoms with Gasteiger partial charge in [0.15, 0.2) is 0 Å². The molecule has 2 rings (SSSR count). The summed E-state index contributed by atoms with van der Waals surface area (Å²) in [5.74, 6) is 0. The summed E-state index contributed by atoms with van der Waals surface area (Å²) < 4.78 is 5.86. The predicted octanol–water partition coefficient (Wildman–Crippen LogP) is 2.84. The molecular formula is C12H16ClNO3S. The van der Waals surface area contributed by atoms with E-state index < -0.39 is 17.3 Å². The van der Waals surface area contributed by atoms with E-state index in [4.69, 9.17) is 16.3 Å². The molecule has 0 atom stereocenters. The van der Waals surface area contributed by atoms with Gasteiger partial charge in [0.25, 0.3) is 0 Å². The molecule has 2 heterocycles. The second-order valence-electron chi connectivity index (χ2n) is 5.47. The second-order valence-corrected chi connectivity index (χ2v) is 7.19. The van der Waals surface area contributed by atoms with Crippen LogP contribution in [-0.2, 0) is 10.3 Å². The molecule has 0 bridgehead atoms. The van der Waals surface area contributed by atoms with Crippen LogP contribution in [0.15, 0.2) is 12.1 Å². The summed E-state index contributed by atoms with van der Waals surface area (Å²) in [6, 6.07) is 3.54. The molecular weight excluding hydrogens is 274 g/mol. The van der Waals surface area contributed by atoms with E-state index in [1.807, 2.05) is 20.8 Å². The quantitative estimate of drug-likeness (QED) is 0.865. The Morgan fingerprint density at radius 3 is 2.56 bits per heavy atom. The molecule has 1 aromatic rings. The van der Waals surface area contributed by atoms with Crippen molar-refractivity contribution in [3.05, 3.63) is 21.3 Å². The van der Waals surface area contributed by atoms with Gasteiger partial charge in [-0.05, 0) is 32.9 Å². The molecule has 0 aromatic carbocycles. The lowest BCUT2D eigenvalue weighted by molar-refractivity contribution is -0.101. The number of amides is 1. The SMILES string of the molecule is CC(C)(C)OC(=O)N1CC(O)(c2ccc(Cl)s2)C1. The van der Waals surface area contributed by atoms with E-state index in [1.54, 1.807) is 12.1 Å². The Morgan fingerprint density at radius 1 is 1.50 bits per heavy atom. The third-order valence-corrected chi connectivity index (χ3v) is 4.01. The first-order valence-corrected chi connectivity index (χ1v) is 6.85. The lowest BCUT2D eigenvalue weighted by atomic mass is 9.93. The highest BCUT2D eigenvalue weighted by Gasteiger charge is 2.47. The maximum absolute atomic E-state index is 11.7. The summed E-state index contributed by atoms with van der Waals surface area (Å²) in [6.07, 6.45) is -0.394. The third kappa shape index (κ3) is 2.79. The van der Waals surface area contributed by atoms with Crippen molar-refractivity contribution in [2.24, 2.45) is 0 Å². The van der Waals surface area contributed by atoms with Crippen molar-refractivity contribution in [1.82, 2.24) is 4.90 Å². The molecule has 1 aliphatic heterocycles. The smallest absolute Gasteiger partial charge is 0.410 e. The van der Waals surface area contributed by atoms with Gasteiger partial charge >= 0.3 is 6.09 Å². The number of carbonyl (C=O) groups excluding carboxylic acids is 1. The van der Waals surface area contributed by atoms with Crippen LogP contribution in [0.3, 0.4) is 0 Å². The van der Waals surface area contributed by atoms with Gasteiger partial charge in [-0.25, -0.2) is 4.79 Å². The van der Waals surface area contributed by atoms with Gasteiger partial charge in [-0.2, -0.15) is 0 Å². The number of halogens is 1. The zero-order valence-electron chi connectivity index (χ0n) is 10.6. The van der Waals surface area contributed by atoms with Crippen LogP contribution in [0.25, 0.3) is 0 Å². The number of rotatable bonds is 1. The number of nitrogens with zero attached hydrogens (tertiary/aromatic N) is 1. The monoisotopic (exact) mass is 289 g/mol. The van der Waals surface area contributed by atoms with Crippen LogP contribution in [0, 0.1) is 0 Å². The topological polar surface area (TPSA) is 49.8 Å². The van der Waals surface area contributed by atoms with Crippen LogP contribution < -0.4 is 0 Å². The van der Waals surface area contributed by atoms with Crippen LogP contribution >= 0.6 is 22.9 Å². The first kappa shape index (κ1) is 13.6.